The van der Waals surface area contributed by atoms with Crippen LogP contribution in [-0.4, -0.2) is 77.1 Å². The number of hydrogen-bond acceptors (Lipinski definition) is 7. The van der Waals surface area contributed by atoms with Crippen LogP contribution in [0.15, 0.2) is 60.5 Å². The fourth-order valence-electron chi connectivity index (χ4n) is 6.94. The second-order valence-corrected chi connectivity index (χ2v) is 13.4. The van der Waals surface area contributed by atoms with Crippen LogP contribution in [0.5, 0.6) is 5.75 Å². The van der Waals surface area contributed by atoms with Crippen molar-refractivity contribution < 1.29 is 27.4 Å². The zero-order valence-corrected chi connectivity index (χ0v) is 28.3. The Morgan fingerprint density at radius 1 is 1.08 bits per heavy atom. The summed E-state index contributed by atoms with van der Waals surface area (Å²) >= 11 is 1.42. The van der Waals surface area contributed by atoms with E-state index < -0.39 is 18.3 Å². The molecule has 5 aromatic rings. The molecule has 0 N–H and O–H groups in total. The van der Waals surface area contributed by atoms with Crippen molar-refractivity contribution in [3.8, 4) is 39.5 Å². The summed E-state index contributed by atoms with van der Waals surface area (Å²) in [7, 11) is 3.45. The first-order valence-electron chi connectivity index (χ1n) is 16.1. The molecule has 2 aliphatic heterocycles. The normalized spacial score (nSPS) is 17.6. The van der Waals surface area contributed by atoms with Gasteiger partial charge in [0.1, 0.15) is 42.1 Å². The summed E-state index contributed by atoms with van der Waals surface area (Å²) in [6.07, 6.45) is 1.92. The Balaban J connectivity index is 1.46. The Hall–Kier alpha value is -4.52. The van der Waals surface area contributed by atoms with Crippen molar-refractivity contribution in [3.05, 3.63) is 89.0 Å². The number of amides is 1. The van der Waals surface area contributed by atoms with Gasteiger partial charge in [-0.3, -0.25) is 14.4 Å². The number of aromatic nitrogens is 3. The minimum absolute atomic E-state index is 0.0272. The minimum Gasteiger partial charge on any atom is -0.490 e. The van der Waals surface area contributed by atoms with E-state index in [9.17, 15) is 13.6 Å². The first-order chi connectivity index (χ1) is 23.7. The molecule has 0 fully saturated rings. The lowest BCUT2D eigenvalue weighted by atomic mass is 9.91. The third-order valence-corrected chi connectivity index (χ3v) is 10.5. The van der Waals surface area contributed by atoms with Gasteiger partial charge in [-0.1, -0.05) is 18.7 Å². The Bertz CT molecular complexity index is 2080. The van der Waals surface area contributed by atoms with Crippen molar-refractivity contribution in [1.82, 2.24) is 24.6 Å². The molecule has 254 valence electrons. The molecule has 2 aliphatic rings. The quantitative estimate of drug-likeness (QED) is 0.121. The third kappa shape index (κ3) is 5.91. The number of alkyl halides is 1. The van der Waals surface area contributed by atoms with Crippen molar-refractivity contribution in [3.63, 3.8) is 0 Å². The number of likely N-dealkylation sites (N-methyl/N-ethyl adjacent to an activating group) is 1. The number of hydrogen-bond donors (Lipinski definition) is 0. The smallest absolute Gasteiger partial charge is 0.246 e. The van der Waals surface area contributed by atoms with Gasteiger partial charge in [0.15, 0.2) is 0 Å². The van der Waals surface area contributed by atoms with Crippen LogP contribution in [0.1, 0.15) is 29.8 Å². The molecule has 0 saturated heterocycles. The Kier molecular flexibility index (Phi) is 9.03. The number of thiophene rings is 1. The molecule has 0 unspecified atom stereocenters. The van der Waals surface area contributed by atoms with Gasteiger partial charge >= 0.3 is 0 Å². The van der Waals surface area contributed by atoms with Gasteiger partial charge in [-0.05, 0) is 61.2 Å². The maximum Gasteiger partial charge on any atom is 0.246 e. The van der Waals surface area contributed by atoms with E-state index in [2.05, 4.69) is 12.6 Å². The third-order valence-electron chi connectivity index (χ3n) is 9.54. The average Bonchev–Trinajstić information content (AvgIpc) is 3.76. The van der Waals surface area contributed by atoms with Gasteiger partial charge in [0.05, 0.1) is 36.1 Å². The number of halogens is 3. The number of fused-ring (bicyclic) bond motifs is 3. The number of benzene rings is 2. The molecule has 7 rings (SSSR count). The van der Waals surface area contributed by atoms with Gasteiger partial charge < -0.3 is 14.4 Å². The fraction of sp³-hybridized carbons (Fsp3) is 0.324. The molecular formula is C37H36F3N5O3S. The van der Waals surface area contributed by atoms with Crippen LogP contribution >= 0.6 is 11.3 Å². The van der Waals surface area contributed by atoms with Crippen LogP contribution in [0.2, 0.25) is 0 Å². The molecule has 12 heteroatoms. The van der Waals surface area contributed by atoms with Crippen LogP contribution in [0.4, 0.5) is 13.2 Å². The predicted molar refractivity (Wildman–Crippen MR) is 184 cm³/mol. The topological polar surface area (TPSA) is 72.7 Å². The molecule has 2 atom stereocenters. The van der Waals surface area contributed by atoms with Crippen molar-refractivity contribution >= 4 is 27.3 Å². The van der Waals surface area contributed by atoms with E-state index in [-0.39, 0.29) is 42.5 Å². The SMILES string of the molecule is C=CC(=O)N1CCn2nc(-c3nc(-c4ccc5c(c4)CN(C)[C@@H](CF)C5)c4ccsc4c3-c3c(F)cc(F)cc3OCCOC)cc2[C@H]1C. The summed E-state index contributed by atoms with van der Waals surface area (Å²) < 4.78 is 58.2. The van der Waals surface area contributed by atoms with E-state index in [1.165, 1.54) is 30.6 Å². The van der Waals surface area contributed by atoms with Crippen LogP contribution < -0.4 is 4.74 Å². The second-order valence-electron chi connectivity index (χ2n) is 12.4. The summed E-state index contributed by atoms with van der Waals surface area (Å²) in [5.74, 6) is -1.71. The molecule has 49 heavy (non-hydrogen) atoms. The van der Waals surface area contributed by atoms with E-state index >= 15 is 4.39 Å². The number of carbonyl (C=O) groups excluding carboxylic acids is 1. The molecular weight excluding hydrogens is 652 g/mol. The average molecular weight is 688 g/mol. The maximum atomic E-state index is 16.1. The highest BCUT2D eigenvalue weighted by Gasteiger charge is 2.32. The molecule has 0 radical (unpaired) electrons. The monoisotopic (exact) mass is 687 g/mol. The summed E-state index contributed by atoms with van der Waals surface area (Å²) in [6.45, 7) is 6.98. The number of rotatable bonds is 9. The van der Waals surface area contributed by atoms with Crippen molar-refractivity contribution in [2.24, 2.45) is 0 Å². The lowest BCUT2D eigenvalue weighted by molar-refractivity contribution is -0.129. The number of methoxy groups -OCH3 is 1. The van der Waals surface area contributed by atoms with Gasteiger partial charge in [0.25, 0.3) is 0 Å². The lowest BCUT2D eigenvalue weighted by Crippen LogP contribution is -2.40. The number of pyridine rings is 1. The minimum atomic E-state index is -0.794. The Labute approximate surface area is 286 Å². The van der Waals surface area contributed by atoms with Crippen LogP contribution in [0.3, 0.4) is 0 Å². The lowest BCUT2D eigenvalue weighted by Gasteiger charge is -2.33. The number of ether oxygens (including phenoxy) is 2. The largest absolute Gasteiger partial charge is 0.490 e. The van der Waals surface area contributed by atoms with Gasteiger partial charge in [0, 0.05) is 59.6 Å². The first kappa shape index (κ1) is 33.0. The summed E-state index contributed by atoms with van der Waals surface area (Å²) in [5, 5.41) is 7.67. The van der Waals surface area contributed by atoms with E-state index in [4.69, 9.17) is 19.6 Å². The summed E-state index contributed by atoms with van der Waals surface area (Å²) in [5.41, 5.74) is 5.92. The Morgan fingerprint density at radius 2 is 1.92 bits per heavy atom. The van der Waals surface area contributed by atoms with Crippen LogP contribution in [-0.2, 0) is 29.0 Å². The molecule has 0 aliphatic carbocycles. The highest BCUT2D eigenvalue weighted by molar-refractivity contribution is 7.18. The molecule has 0 bridgehead atoms. The van der Waals surface area contributed by atoms with Crippen LogP contribution in [0.25, 0.3) is 43.9 Å². The molecule has 3 aromatic heterocycles. The standard InChI is InChI=1S/C37H36F3N5O3S/c1-5-32(46)44-9-10-45-30(21(44)2)18-29(42-45)36-34(33-28(40)16-25(39)17-31(33)48-12-11-47-4)37-27(8-13-49-37)35(41-36)23-7-6-22-15-26(19-38)43(3)20-24(22)14-23/h5-8,13-14,16-18,21,26H,1,9-12,15,19-20H2,2-4H3/t21-,26-/m1/s1. The van der Waals surface area contributed by atoms with Crippen molar-refractivity contribution in [2.45, 2.75) is 38.5 Å². The van der Waals surface area contributed by atoms with Crippen molar-refractivity contribution in [2.75, 3.05) is 40.6 Å². The molecule has 1 amide bonds. The second kappa shape index (κ2) is 13.4. The molecule has 0 saturated carbocycles. The van der Waals surface area contributed by atoms with Gasteiger partial charge in [-0.2, -0.15) is 5.10 Å². The van der Waals surface area contributed by atoms with E-state index in [0.29, 0.717) is 48.7 Å². The highest BCUT2D eigenvalue weighted by atomic mass is 32.1. The van der Waals surface area contributed by atoms with E-state index in [1.54, 1.807) is 4.90 Å². The number of nitrogens with zero attached hydrogens (tertiary/aromatic N) is 5. The predicted octanol–water partition coefficient (Wildman–Crippen LogP) is 7.21. The van der Waals surface area contributed by atoms with E-state index in [1.807, 2.05) is 53.2 Å². The van der Waals surface area contributed by atoms with Gasteiger partial charge in [-0.25, -0.2) is 18.2 Å². The highest BCUT2D eigenvalue weighted by Crippen LogP contribution is 2.47. The van der Waals surface area contributed by atoms with Gasteiger partial charge in [-0.15, -0.1) is 11.3 Å². The fourth-order valence-corrected chi connectivity index (χ4v) is 7.89. The molecule has 2 aromatic carbocycles. The van der Waals surface area contributed by atoms with Crippen LogP contribution in [0, 0.1) is 11.6 Å². The molecule has 0 spiro atoms. The zero-order valence-electron chi connectivity index (χ0n) is 27.5. The van der Waals surface area contributed by atoms with Gasteiger partial charge in [0.2, 0.25) is 5.91 Å². The first-order valence-corrected chi connectivity index (χ1v) is 17.0. The Morgan fingerprint density at radius 3 is 2.69 bits per heavy atom. The zero-order chi connectivity index (χ0) is 34.4. The molecule has 5 heterocycles. The summed E-state index contributed by atoms with van der Waals surface area (Å²) in [4.78, 5) is 21.6. The summed E-state index contributed by atoms with van der Waals surface area (Å²) in [6, 6.07) is 11.5. The van der Waals surface area contributed by atoms with Crippen molar-refractivity contribution in [1.29, 1.82) is 0 Å². The maximum absolute atomic E-state index is 16.1. The number of carbonyl (C=O) groups is 1. The molecule has 8 nitrogen and oxygen atoms in total. The van der Waals surface area contributed by atoms with E-state index in [0.717, 1.165) is 38.5 Å².